The van der Waals surface area contributed by atoms with Crippen molar-refractivity contribution < 1.29 is 13.2 Å². The van der Waals surface area contributed by atoms with Crippen molar-refractivity contribution in [1.29, 1.82) is 0 Å². The van der Waals surface area contributed by atoms with Crippen molar-refractivity contribution in [3.8, 4) is 6.01 Å². The number of hydrogen-bond donors (Lipinski definition) is 2. The molecule has 11 heteroatoms. The standard InChI is InChI=1S/C10H9Cl3N4O3S/c1-2-20-10-14-9(15-16-10)17-21(18,19)8-6(12)3-5(11)4-7(8)13/h3-4H,2H2,1H3,(H2,14,15,16,17). The molecular weight excluding hydrogens is 363 g/mol. The zero-order valence-corrected chi connectivity index (χ0v) is 13.6. The monoisotopic (exact) mass is 370 g/mol. The van der Waals surface area contributed by atoms with Gasteiger partial charge in [0.2, 0.25) is 5.95 Å². The predicted molar refractivity (Wildman–Crippen MR) is 79.8 cm³/mol. The Labute approximate surface area is 135 Å². The fourth-order valence-electron chi connectivity index (χ4n) is 1.45. The summed E-state index contributed by atoms with van der Waals surface area (Å²) in [5.74, 6) is -0.125. The first-order chi connectivity index (χ1) is 9.83. The molecule has 2 N–H and O–H groups in total. The van der Waals surface area contributed by atoms with Crippen LogP contribution < -0.4 is 9.46 Å². The number of H-pyrrole nitrogens is 1. The average molecular weight is 372 g/mol. The second-order valence-electron chi connectivity index (χ2n) is 3.70. The molecule has 0 aliphatic rings. The molecule has 0 unspecified atom stereocenters. The van der Waals surface area contributed by atoms with Crippen LogP contribution in [0.4, 0.5) is 5.95 Å². The molecule has 0 saturated heterocycles. The van der Waals surface area contributed by atoms with Crippen LogP contribution in [0.15, 0.2) is 17.0 Å². The number of anilines is 1. The summed E-state index contributed by atoms with van der Waals surface area (Å²) < 4.78 is 31.7. The molecule has 2 aromatic rings. The minimum atomic E-state index is -4.05. The number of halogens is 3. The van der Waals surface area contributed by atoms with Crippen LogP contribution in [0.5, 0.6) is 6.01 Å². The van der Waals surface area contributed by atoms with Crippen LogP contribution in [0.3, 0.4) is 0 Å². The maximum Gasteiger partial charge on any atom is 0.337 e. The van der Waals surface area contributed by atoms with Crippen molar-refractivity contribution in [1.82, 2.24) is 15.2 Å². The highest BCUT2D eigenvalue weighted by molar-refractivity contribution is 7.93. The van der Waals surface area contributed by atoms with Gasteiger partial charge in [-0.1, -0.05) is 34.8 Å². The van der Waals surface area contributed by atoms with E-state index in [0.717, 1.165) is 0 Å². The SMILES string of the molecule is CCOc1n[nH]c(NS(=O)(=O)c2c(Cl)cc(Cl)cc2Cl)n1. The third-order valence-electron chi connectivity index (χ3n) is 2.20. The number of aromatic amines is 1. The van der Waals surface area contributed by atoms with Crippen LogP contribution in [-0.2, 0) is 10.0 Å². The fraction of sp³-hybridized carbons (Fsp3) is 0.200. The molecule has 1 heterocycles. The van der Waals surface area contributed by atoms with E-state index in [1.807, 2.05) is 0 Å². The molecule has 2 rings (SSSR count). The van der Waals surface area contributed by atoms with E-state index in [-0.39, 0.29) is 31.9 Å². The molecule has 0 aliphatic heterocycles. The molecule has 0 bridgehead atoms. The van der Waals surface area contributed by atoms with Crippen molar-refractivity contribution in [2.45, 2.75) is 11.8 Å². The highest BCUT2D eigenvalue weighted by Crippen LogP contribution is 2.33. The van der Waals surface area contributed by atoms with Gasteiger partial charge < -0.3 is 4.74 Å². The lowest BCUT2D eigenvalue weighted by Gasteiger charge is -2.09. The summed E-state index contributed by atoms with van der Waals surface area (Å²) in [6, 6.07) is 2.56. The van der Waals surface area contributed by atoms with E-state index in [1.54, 1.807) is 6.92 Å². The Hall–Kier alpha value is -1.22. The minimum Gasteiger partial charge on any atom is -0.463 e. The molecule has 1 aromatic heterocycles. The number of aromatic nitrogens is 3. The molecule has 0 aliphatic carbocycles. The van der Waals surface area contributed by atoms with E-state index in [1.165, 1.54) is 12.1 Å². The van der Waals surface area contributed by atoms with E-state index in [9.17, 15) is 8.42 Å². The first kappa shape index (κ1) is 16.2. The molecular formula is C10H9Cl3N4O3S. The number of nitrogens with one attached hydrogen (secondary N) is 2. The predicted octanol–water partition coefficient (Wildman–Crippen LogP) is 2.96. The van der Waals surface area contributed by atoms with E-state index in [4.69, 9.17) is 39.5 Å². The van der Waals surface area contributed by atoms with Gasteiger partial charge in [0.15, 0.2) is 0 Å². The van der Waals surface area contributed by atoms with Gasteiger partial charge in [-0.05, 0) is 19.1 Å². The van der Waals surface area contributed by atoms with E-state index in [2.05, 4.69) is 19.9 Å². The minimum absolute atomic E-state index is 0.0171. The van der Waals surface area contributed by atoms with Gasteiger partial charge in [-0.15, -0.1) is 5.10 Å². The molecule has 0 atom stereocenters. The van der Waals surface area contributed by atoms with Crippen LogP contribution in [0.25, 0.3) is 0 Å². The van der Waals surface area contributed by atoms with Gasteiger partial charge in [0.1, 0.15) is 4.90 Å². The van der Waals surface area contributed by atoms with E-state index >= 15 is 0 Å². The van der Waals surface area contributed by atoms with Gasteiger partial charge in [-0.3, -0.25) is 0 Å². The van der Waals surface area contributed by atoms with Crippen molar-refractivity contribution in [2.75, 3.05) is 11.3 Å². The van der Waals surface area contributed by atoms with Crippen LogP contribution in [-0.4, -0.2) is 30.2 Å². The Bertz CT molecular complexity index is 740. The quantitative estimate of drug-likeness (QED) is 0.842. The van der Waals surface area contributed by atoms with Crippen LogP contribution in [0, 0.1) is 0 Å². The molecule has 0 amide bonds. The van der Waals surface area contributed by atoms with Gasteiger partial charge in [0, 0.05) is 5.02 Å². The lowest BCUT2D eigenvalue weighted by atomic mass is 10.4. The highest BCUT2D eigenvalue weighted by atomic mass is 35.5. The summed E-state index contributed by atoms with van der Waals surface area (Å²) >= 11 is 17.5. The largest absolute Gasteiger partial charge is 0.463 e. The summed E-state index contributed by atoms with van der Waals surface area (Å²) in [4.78, 5) is 3.49. The fourth-order valence-corrected chi connectivity index (χ4v) is 3.96. The average Bonchev–Trinajstić information content (AvgIpc) is 2.74. The Kier molecular flexibility index (Phi) is 4.82. The van der Waals surface area contributed by atoms with Gasteiger partial charge >= 0.3 is 6.01 Å². The first-order valence-corrected chi connectivity index (χ1v) is 8.17. The van der Waals surface area contributed by atoms with Gasteiger partial charge in [0.25, 0.3) is 10.0 Å². The number of ether oxygens (including phenoxy) is 1. The Balaban J connectivity index is 2.34. The third-order valence-corrected chi connectivity index (χ3v) is 4.68. The lowest BCUT2D eigenvalue weighted by molar-refractivity contribution is 0.314. The maximum atomic E-state index is 12.3. The van der Waals surface area contributed by atoms with Crippen molar-refractivity contribution in [2.24, 2.45) is 0 Å². The number of nitrogens with zero attached hydrogens (tertiary/aromatic N) is 2. The number of rotatable bonds is 5. The second kappa shape index (κ2) is 6.27. The molecule has 0 saturated carbocycles. The molecule has 0 spiro atoms. The zero-order chi connectivity index (χ0) is 15.6. The summed E-state index contributed by atoms with van der Waals surface area (Å²) in [7, 11) is -4.05. The highest BCUT2D eigenvalue weighted by Gasteiger charge is 2.24. The summed E-state index contributed by atoms with van der Waals surface area (Å²) in [5.41, 5.74) is 0. The molecule has 1 aromatic carbocycles. The normalized spacial score (nSPS) is 11.4. The summed E-state index contributed by atoms with van der Waals surface area (Å²) in [6.45, 7) is 2.09. The van der Waals surface area contributed by atoms with Crippen molar-refractivity contribution in [3.63, 3.8) is 0 Å². The summed E-state index contributed by atoms with van der Waals surface area (Å²) in [6.07, 6.45) is 0. The Morgan fingerprint density at radius 1 is 1.29 bits per heavy atom. The molecule has 21 heavy (non-hydrogen) atoms. The Morgan fingerprint density at radius 2 is 1.90 bits per heavy atom. The summed E-state index contributed by atoms with van der Waals surface area (Å²) in [5, 5.41) is 6.06. The van der Waals surface area contributed by atoms with Gasteiger partial charge in [-0.2, -0.15) is 4.98 Å². The molecule has 7 nitrogen and oxygen atoms in total. The van der Waals surface area contributed by atoms with E-state index < -0.39 is 10.0 Å². The second-order valence-corrected chi connectivity index (χ2v) is 6.57. The van der Waals surface area contributed by atoms with Crippen LogP contribution in [0.2, 0.25) is 15.1 Å². The molecule has 0 fully saturated rings. The van der Waals surface area contributed by atoms with Crippen LogP contribution >= 0.6 is 34.8 Å². The van der Waals surface area contributed by atoms with Crippen molar-refractivity contribution >= 4 is 50.8 Å². The van der Waals surface area contributed by atoms with E-state index in [0.29, 0.717) is 6.61 Å². The van der Waals surface area contributed by atoms with Gasteiger partial charge in [0.05, 0.1) is 16.7 Å². The Morgan fingerprint density at radius 3 is 2.48 bits per heavy atom. The molecule has 0 radical (unpaired) electrons. The maximum absolute atomic E-state index is 12.3. The topological polar surface area (TPSA) is 97.0 Å². The van der Waals surface area contributed by atoms with Crippen LogP contribution in [0.1, 0.15) is 6.92 Å². The van der Waals surface area contributed by atoms with Gasteiger partial charge in [-0.25, -0.2) is 18.2 Å². The number of sulfonamides is 1. The smallest absolute Gasteiger partial charge is 0.337 e. The zero-order valence-electron chi connectivity index (χ0n) is 10.5. The lowest BCUT2D eigenvalue weighted by Crippen LogP contribution is -2.15. The molecule has 114 valence electrons. The number of benzene rings is 1. The van der Waals surface area contributed by atoms with Crippen molar-refractivity contribution in [3.05, 3.63) is 27.2 Å². The third kappa shape index (κ3) is 3.70. The number of hydrogen-bond acceptors (Lipinski definition) is 5. The first-order valence-electron chi connectivity index (χ1n) is 5.56.